The summed E-state index contributed by atoms with van der Waals surface area (Å²) in [6, 6.07) is 14.8. The number of rotatable bonds is 3. The van der Waals surface area contributed by atoms with E-state index in [1.54, 1.807) is 13.1 Å². The van der Waals surface area contributed by atoms with Gasteiger partial charge in [-0.25, -0.2) is 14.3 Å². The van der Waals surface area contributed by atoms with Crippen molar-refractivity contribution in [2.75, 3.05) is 0 Å². The zero-order chi connectivity index (χ0) is 18.4. The van der Waals surface area contributed by atoms with Crippen LogP contribution >= 0.6 is 15.9 Å². The van der Waals surface area contributed by atoms with Crippen molar-refractivity contribution in [1.29, 1.82) is 0 Å². The Kier molecular flexibility index (Phi) is 6.08. The highest BCUT2D eigenvalue weighted by Crippen LogP contribution is 2.25. The Labute approximate surface area is 152 Å². The summed E-state index contributed by atoms with van der Waals surface area (Å²) in [6.45, 7) is 1.61. The lowest BCUT2D eigenvalue weighted by Gasteiger charge is -2.06. The first-order chi connectivity index (χ1) is 11.9. The van der Waals surface area contributed by atoms with Gasteiger partial charge in [0.15, 0.2) is 0 Å². The molecule has 0 bridgehead atoms. The van der Waals surface area contributed by atoms with Crippen molar-refractivity contribution in [3.05, 3.63) is 82.1 Å². The molecule has 3 aromatic rings. The second-order valence-electron chi connectivity index (χ2n) is 5.02. The highest BCUT2D eigenvalue weighted by atomic mass is 79.9. The van der Waals surface area contributed by atoms with Crippen LogP contribution in [-0.2, 0) is 0 Å². The van der Waals surface area contributed by atoms with Crippen LogP contribution in [0.25, 0.3) is 5.69 Å². The fourth-order valence-electron chi connectivity index (χ4n) is 2.10. The number of nitrogens with zero attached hydrogens (tertiary/aromatic N) is 2. The first kappa shape index (κ1) is 18.4. The fourth-order valence-corrected chi connectivity index (χ4v) is 2.89. The molecule has 0 fully saturated rings. The summed E-state index contributed by atoms with van der Waals surface area (Å²) in [7, 11) is 0. The second kappa shape index (κ2) is 8.25. The molecule has 0 aliphatic heterocycles. The van der Waals surface area contributed by atoms with Crippen LogP contribution in [0.2, 0.25) is 0 Å². The second-order valence-corrected chi connectivity index (χ2v) is 5.81. The van der Waals surface area contributed by atoms with Gasteiger partial charge < -0.3 is 10.2 Å². The molecule has 0 aliphatic rings. The van der Waals surface area contributed by atoms with E-state index < -0.39 is 11.9 Å². The molecule has 2 N–H and O–H groups in total. The van der Waals surface area contributed by atoms with Gasteiger partial charge in [0, 0.05) is 16.9 Å². The molecule has 0 spiro atoms. The summed E-state index contributed by atoms with van der Waals surface area (Å²) in [5, 5.41) is 21.7. The zero-order valence-corrected chi connectivity index (χ0v) is 14.8. The number of benzene rings is 2. The lowest BCUT2D eigenvalue weighted by molar-refractivity contribution is 0.0695. The molecule has 0 aliphatic carbocycles. The van der Waals surface area contributed by atoms with Gasteiger partial charge in [0.25, 0.3) is 0 Å². The van der Waals surface area contributed by atoms with E-state index in [0.717, 1.165) is 5.69 Å². The summed E-state index contributed by atoms with van der Waals surface area (Å²) in [6.07, 6.45) is 3.70. The van der Waals surface area contributed by atoms with Crippen LogP contribution in [0.1, 0.15) is 26.3 Å². The highest BCUT2D eigenvalue weighted by molar-refractivity contribution is 9.10. The predicted molar refractivity (Wildman–Crippen MR) is 96.4 cm³/mol. The Hall–Kier alpha value is -2.93. The van der Waals surface area contributed by atoms with Crippen LogP contribution in [0.3, 0.4) is 0 Å². The minimum atomic E-state index is -1.15. The fraction of sp³-hybridized carbons (Fsp3) is 0.0556. The van der Waals surface area contributed by atoms with E-state index >= 15 is 0 Å². The number of aryl methyl sites for hydroxylation is 1. The standard InChI is InChI=1S/C9H7BrO4.C9H8N2/c1-4-2-3-5(8(11)12)7(10)6(4)9(13)14;1-2-5-9(6-3-1)11-8-4-7-10-11/h2-3H,1H3,(H,11,12)(H,13,14);1-8H. The molecule has 0 radical (unpaired) electrons. The molecule has 0 saturated carbocycles. The van der Waals surface area contributed by atoms with Gasteiger partial charge in [-0.05, 0) is 52.7 Å². The molecular weight excluding hydrogens is 388 g/mol. The topological polar surface area (TPSA) is 92.4 Å². The zero-order valence-electron chi connectivity index (χ0n) is 13.3. The number of hydrogen-bond donors (Lipinski definition) is 2. The average molecular weight is 403 g/mol. The maximum atomic E-state index is 10.8. The van der Waals surface area contributed by atoms with Crippen LogP contribution in [0, 0.1) is 6.92 Å². The van der Waals surface area contributed by atoms with Crippen molar-refractivity contribution in [2.45, 2.75) is 6.92 Å². The van der Waals surface area contributed by atoms with Crippen LogP contribution in [-0.4, -0.2) is 31.9 Å². The molecule has 3 rings (SSSR count). The Balaban J connectivity index is 0.000000185. The predicted octanol–water partition coefficient (Wildman–Crippen LogP) is 4.03. The van der Waals surface area contributed by atoms with E-state index in [1.165, 1.54) is 12.1 Å². The van der Waals surface area contributed by atoms with Gasteiger partial charge in [0.05, 0.1) is 16.8 Å². The largest absolute Gasteiger partial charge is 0.478 e. The summed E-state index contributed by atoms with van der Waals surface area (Å²) in [4.78, 5) is 21.5. The third kappa shape index (κ3) is 4.54. The Morgan fingerprint density at radius 3 is 2.20 bits per heavy atom. The molecule has 25 heavy (non-hydrogen) atoms. The number of para-hydroxylation sites is 1. The van der Waals surface area contributed by atoms with Gasteiger partial charge in [-0.1, -0.05) is 24.3 Å². The maximum Gasteiger partial charge on any atom is 0.337 e. The van der Waals surface area contributed by atoms with Crippen molar-refractivity contribution < 1.29 is 19.8 Å². The minimum absolute atomic E-state index is 0.00935. The molecule has 7 heteroatoms. The molecule has 2 aromatic carbocycles. The van der Waals surface area contributed by atoms with Gasteiger partial charge in [-0.3, -0.25) is 0 Å². The molecule has 6 nitrogen and oxygen atoms in total. The Bertz CT molecular complexity index is 878. The minimum Gasteiger partial charge on any atom is -0.478 e. The summed E-state index contributed by atoms with van der Waals surface area (Å²) in [5.41, 5.74) is 1.56. The van der Waals surface area contributed by atoms with Gasteiger partial charge in [-0.2, -0.15) is 5.10 Å². The smallest absolute Gasteiger partial charge is 0.337 e. The molecule has 0 unspecified atom stereocenters. The van der Waals surface area contributed by atoms with E-state index in [2.05, 4.69) is 21.0 Å². The average Bonchev–Trinajstić information content (AvgIpc) is 3.10. The third-order valence-electron chi connectivity index (χ3n) is 3.32. The van der Waals surface area contributed by atoms with E-state index in [-0.39, 0.29) is 15.6 Å². The molecule has 0 amide bonds. The SMILES string of the molecule is Cc1ccc(C(=O)O)c(Br)c1C(=O)O.c1ccc(-n2cccn2)cc1. The van der Waals surface area contributed by atoms with Crippen molar-refractivity contribution in [2.24, 2.45) is 0 Å². The molecule has 0 saturated heterocycles. The van der Waals surface area contributed by atoms with Crippen LogP contribution in [0.15, 0.2) is 65.4 Å². The molecule has 1 aromatic heterocycles. The number of hydrogen-bond acceptors (Lipinski definition) is 3. The third-order valence-corrected chi connectivity index (χ3v) is 4.14. The van der Waals surface area contributed by atoms with Crippen molar-refractivity contribution in [1.82, 2.24) is 9.78 Å². The first-order valence-electron chi connectivity index (χ1n) is 7.22. The number of carbonyl (C=O) groups is 2. The Morgan fingerprint density at radius 2 is 1.68 bits per heavy atom. The number of aromatic nitrogens is 2. The van der Waals surface area contributed by atoms with Crippen molar-refractivity contribution in [3.8, 4) is 5.69 Å². The summed E-state index contributed by atoms with van der Waals surface area (Å²) < 4.78 is 1.94. The lowest BCUT2D eigenvalue weighted by Crippen LogP contribution is -2.06. The first-order valence-corrected chi connectivity index (χ1v) is 8.02. The van der Waals surface area contributed by atoms with Crippen LogP contribution < -0.4 is 0 Å². The molecule has 0 atom stereocenters. The normalized spacial score (nSPS) is 9.84. The van der Waals surface area contributed by atoms with Gasteiger partial charge in [-0.15, -0.1) is 0 Å². The van der Waals surface area contributed by atoms with E-state index in [0.29, 0.717) is 5.56 Å². The number of carboxylic acid groups (broad SMARTS) is 2. The number of carboxylic acids is 2. The van der Waals surface area contributed by atoms with Crippen LogP contribution in [0.4, 0.5) is 0 Å². The number of aromatic carboxylic acids is 2. The van der Waals surface area contributed by atoms with Gasteiger partial charge >= 0.3 is 11.9 Å². The van der Waals surface area contributed by atoms with Crippen molar-refractivity contribution >= 4 is 27.9 Å². The summed E-state index contributed by atoms with van der Waals surface area (Å²) in [5.74, 6) is -2.29. The molecule has 1 heterocycles. The Morgan fingerprint density at radius 1 is 1.00 bits per heavy atom. The lowest BCUT2D eigenvalue weighted by atomic mass is 10.1. The number of halogens is 1. The maximum absolute atomic E-state index is 10.8. The summed E-state index contributed by atoms with van der Waals surface area (Å²) >= 11 is 2.97. The monoisotopic (exact) mass is 402 g/mol. The van der Waals surface area contributed by atoms with E-state index in [1.807, 2.05) is 47.3 Å². The van der Waals surface area contributed by atoms with Crippen LogP contribution in [0.5, 0.6) is 0 Å². The quantitative estimate of drug-likeness (QED) is 0.689. The van der Waals surface area contributed by atoms with Gasteiger partial charge in [0.2, 0.25) is 0 Å². The van der Waals surface area contributed by atoms with Crippen molar-refractivity contribution in [3.63, 3.8) is 0 Å². The van der Waals surface area contributed by atoms with Gasteiger partial charge in [0.1, 0.15) is 0 Å². The van der Waals surface area contributed by atoms with E-state index in [9.17, 15) is 9.59 Å². The highest BCUT2D eigenvalue weighted by Gasteiger charge is 2.18. The van der Waals surface area contributed by atoms with E-state index in [4.69, 9.17) is 10.2 Å². The molecular formula is C18H15BrN2O4. The molecule has 128 valence electrons.